The Morgan fingerprint density at radius 1 is 1.33 bits per heavy atom. The second-order valence-corrected chi connectivity index (χ2v) is 3.29. The molecule has 0 aliphatic carbocycles. The largest absolute Gasteiger partial charge is 0.367 e. The fourth-order valence-electron chi connectivity index (χ4n) is 1.40. The highest BCUT2D eigenvalue weighted by atomic mass is 16.6. The van der Waals surface area contributed by atoms with Crippen molar-refractivity contribution in [1.82, 2.24) is 15.0 Å². The number of anilines is 3. The monoisotopic (exact) mass is 246 g/mol. The highest BCUT2D eigenvalue weighted by Crippen LogP contribution is 2.30. The summed E-state index contributed by atoms with van der Waals surface area (Å²) in [6, 6.07) is 3.45. The third-order valence-corrected chi connectivity index (χ3v) is 2.17. The molecule has 0 saturated carbocycles. The lowest BCUT2D eigenvalue weighted by atomic mass is 10.4. The molecule has 0 atom stereocenters. The Kier molecular flexibility index (Phi) is 3.28. The van der Waals surface area contributed by atoms with Gasteiger partial charge in [-0.05, 0) is 12.1 Å². The van der Waals surface area contributed by atoms with E-state index >= 15 is 0 Å². The van der Waals surface area contributed by atoms with E-state index in [0.717, 1.165) is 0 Å². The van der Waals surface area contributed by atoms with Crippen LogP contribution in [0.3, 0.4) is 0 Å². The van der Waals surface area contributed by atoms with E-state index in [9.17, 15) is 10.1 Å². The Hall–Kier alpha value is -2.77. The van der Waals surface area contributed by atoms with Gasteiger partial charge in [-0.1, -0.05) is 0 Å². The molecule has 0 spiro atoms. The van der Waals surface area contributed by atoms with E-state index in [1.165, 1.54) is 6.33 Å². The number of nitrogens with one attached hydrogen (secondary N) is 2. The van der Waals surface area contributed by atoms with Gasteiger partial charge < -0.3 is 10.6 Å². The average molecular weight is 246 g/mol. The summed E-state index contributed by atoms with van der Waals surface area (Å²) in [6.07, 6.45) is 4.40. The number of hydrogen-bond donors (Lipinski definition) is 2. The second-order valence-electron chi connectivity index (χ2n) is 3.29. The van der Waals surface area contributed by atoms with Gasteiger partial charge in [0.2, 0.25) is 11.6 Å². The van der Waals surface area contributed by atoms with Gasteiger partial charge >= 0.3 is 5.69 Å². The highest BCUT2D eigenvalue weighted by Gasteiger charge is 2.22. The first-order valence-corrected chi connectivity index (χ1v) is 5.06. The maximum atomic E-state index is 11.0. The molecule has 0 radical (unpaired) electrons. The Labute approximate surface area is 102 Å². The predicted molar refractivity (Wildman–Crippen MR) is 65.8 cm³/mol. The van der Waals surface area contributed by atoms with E-state index in [1.807, 2.05) is 0 Å². The van der Waals surface area contributed by atoms with E-state index < -0.39 is 4.92 Å². The molecule has 0 bridgehead atoms. The Morgan fingerprint density at radius 3 is 2.72 bits per heavy atom. The van der Waals surface area contributed by atoms with Crippen molar-refractivity contribution in [2.45, 2.75) is 0 Å². The summed E-state index contributed by atoms with van der Waals surface area (Å²) in [5, 5.41) is 16.5. The zero-order valence-corrected chi connectivity index (χ0v) is 9.49. The first-order chi connectivity index (χ1) is 8.72. The van der Waals surface area contributed by atoms with Crippen molar-refractivity contribution in [2.75, 3.05) is 17.7 Å². The maximum Gasteiger partial charge on any atom is 0.353 e. The lowest BCUT2D eigenvalue weighted by molar-refractivity contribution is -0.383. The number of nitro groups is 1. The van der Waals surface area contributed by atoms with Gasteiger partial charge in [0.25, 0.3) is 0 Å². The summed E-state index contributed by atoms with van der Waals surface area (Å²) in [5.74, 6) is 0.272. The standard InChI is InChI=1S/C10H10N6O2/c1-11-9-8(16(17)18)10(14-6-13-9)15-7-3-2-4-12-5-7/h2-6H,1H3,(H2,11,13,14,15). The van der Waals surface area contributed by atoms with E-state index in [2.05, 4.69) is 25.6 Å². The lowest BCUT2D eigenvalue weighted by Crippen LogP contribution is -2.05. The zero-order chi connectivity index (χ0) is 13.0. The van der Waals surface area contributed by atoms with Crippen molar-refractivity contribution >= 4 is 23.0 Å². The third kappa shape index (κ3) is 2.32. The van der Waals surface area contributed by atoms with Crippen molar-refractivity contribution in [1.29, 1.82) is 0 Å². The van der Waals surface area contributed by atoms with Gasteiger partial charge in [0.15, 0.2) is 0 Å². The summed E-state index contributed by atoms with van der Waals surface area (Å²) in [6.45, 7) is 0. The van der Waals surface area contributed by atoms with E-state index in [4.69, 9.17) is 0 Å². The fourth-order valence-corrected chi connectivity index (χ4v) is 1.40. The lowest BCUT2D eigenvalue weighted by Gasteiger charge is -2.07. The molecule has 0 unspecified atom stereocenters. The molecular weight excluding hydrogens is 236 g/mol. The van der Waals surface area contributed by atoms with Crippen molar-refractivity contribution in [3.05, 3.63) is 41.0 Å². The molecule has 2 N–H and O–H groups in total. The summed E-state index contributed by atoms with van der Waals surface area (Å²) >= 11 is 0. The van der Waals surface area contributed by atoms with E-state index in [0.29, 0.717) is 5.69 Å². The topological polar surface area (TPSA) is 106 Å². The molecular formula is C10H10N6O2. The minimum atomic E-state index is -0.537. The molecule has 2 aromatic rings. The Bertz CT molecular complexity index is 560. The van der Waals surface area contributed by atoms with Crippen molar-refractivity contribution < 1.29 is 4.92 Å². The normalized spacial score (nSPS) is 9.83. The quantitative estimate of drug-likeness (QED) is 0.622. The first-order valence-electron chi connectivity index (χ1n) is 5.06. The summed E-state index contributed by atoms with van der Waals surface area (Å²) in [5.41, 5.74) is 0.408. The van der Waals surface area contributed by atoms with Crippen molar-refractivity contribution in [3.8, 4) is 0 Å². The van der Waals surface area contributed by atoms with Gasteiger partial charge in [0, 0.05) is 13.2 Å². The second kappa shape index (κ2) is 5.04. The van der Waals surface area contributed by atoms with Crippen LogP contribution in [0, 0.1) is 10.1 Å². The van der Waals surface area contributed by atoms with Crippen LogP contribution in [0.1, 0.15) is 0 Å². The summed E-state index contributed by atoms with van der Waals surface area (Å²) in [4.78, 5) is 22.1. The third-order valence-electron chi connectivity index (χ3n) is 2.17. The van der Waals surface area contributed by atoms with Crippen LogP contribution in [-0.4, -0.2) is 26.9 Å². The molecule has 8 nitrogen and oxygen atoms in total. The Balaban J connectivity index is 2.42. The number of nitrogens with zero attached hydrogens (tertiary/aromatic N) is 4. The van der Waals surface area contributed by atoms with Crippen LogP contribution in [0.4, 0.5) is 23.0 Å². The van der Waals surface area contributed by atoms with Gasteiger partial charge in [0.1, 0.15) is 6.33 Å². The molecule has 8 heteroatoms. The minimum absolute atomic E-state index is 0.118. The molecule has 0 fully saturated rings. The SMILES string of the molecule is CNc1ncnc(Nc2cccnc2)c1[N+](=O)[O-]. The minimum Gasteiger partial charge on any atom is -0.367 e. The molecule has 2 aromatic heterocycles. The molecule has 0 amide bonds. The van der Waals surface area contributed by atoms with Crippen molar-refractivity contribution in [3.63, 3.8) is 0 Å². The molecule has 92 valence electrons. The van der Waals surface area contributed by atoms with Crippen molar-refractivity contribution in [2.24, 2.45) is 0 Å². The predicted octanol–water partition coefficient (Wildman–Crippen LogP) is 1.57. The molecule has 2 heterocycles. The van der Waals surface area contributed by atoms with E-state index in [-0.39, 0.29) is 17.3 Å². The number of hydrogen-bond acceptors (Lipinski definition) is 7. The Morgan fingerprint density at radius 2 is 2.11 bits per heavy atom. The summed E-state index contributed by atoms with van der Waals surface area (Å²) in [7, 11) is 1.56. The number of aromatic nitrogens is 3. The molecule has 0 aliphatic heterocycles. The number of pyridine rings is 1. The molecule has 0 aliphatic rings. The van der Waals surface area contributed by atoms with Gasteiger partial charge in [-0.2, -0.15) is 0 Å². The van der Waals surface area contributed by atoms with Gasteiger partial charge in [0.05, 0.1) is 16.8 Å². The van der Waals surface area contributed by atoms with Crippen LogP contribution >= 0.6 is 0 Å². The van der Waals surface area contributed by atoms with Gasteiger partial charge in [-0.3, -0.25) is 15.1 Å². The molecule has 2 rings (SSSR count). The maximum absolute atomic E-state index is 11.0. The van der Waals surface area contributed by atoms with Crippen LogP contribution in [0.2, 0.25) is 0 Å². The molecule has 0 aromatic carbocycles. The van der Waals surface area contributed by atoms with Gasteiger partial charge in [-0.25, -0.2) is 9.97 Å². The smallest absolute Gasteiger partial charge is 0.353 e. The van der Waals surface area contributed by atoms with Crippen LogP contribution in [0.5, 0.6) is 0 Å². The molecule has 0 saturated heterocycles. The van der Waals surface area contributed by atoms with Gasteiger partial charge in [-0.15, -0.1) is 0 Å². The van der Waals surface area contributed by atoms with Crippen LogP contribution in [0.15, 0.2) is 30.9 Å². The van der Waals surface area contributed by atoms with E-state index in [1.54, 1.807) is 31.6 Å². The summed E-state index contributed by atoms with van der Waals surface area (Å²) < 4.78 is 0. The average Bonchev–Trinajstić information content (AvgIpc) is 2.39. The molecule has 18 heavy (non-hydrogen) atoms. The fraction of sp³-hybridized carbons (Fsp3) is 0.100. The van der Waals surface area contributed by atoms with Crippen LogP contribution in [0.25, 0.3) is 0 Å². The first kappa shape index (κ1) is 11.7. The zero-order valence-electron chi connectivity index (χ0n) is 9.49. The highest BCUT2D eigenvalue weighted by molar-refractivity contribution is 5.73. The number of rotatable bonds is 4. The van der Waals surface area contributed by atoms with Crippen LogP contribution < -0.4 is 10.6 Å². The van der Waals surface area contributed by atoms with Crippen LogP contribution in [-0.2, 0) is 0 Å².